The zero-order valence-electron chi connectivity index (χ0n) is 17.9. The van der Waals surface area contributed by atoms with E-state index in [-0.39, 0.29) is 0 Å². The summed E-state index contributed by atoms with van der Waals surface area (Å²) in [5, 5.41) is 5.99. The monoisotopic (exact) mass is 365 g/mol. The van der Waals surface area contributed by atoms with E-state index in [0.717, 1.165) is 19.5 Å². The Morgan fingerprint density at radius 2 is 1.81 bits per heavy atom. The predicted octanol–water partition coefficient (Wildman–Crippen LogP) is 6.37. The molecule has 1 aromatic carbocycles. The maximum atomic E-state index is 4.56. The van der Waals surface area contributed by atoms with Crippen molar-refractivity contribution in [1.82, 2.24) is 14.3 Å². The van der Waals surface area contributed by atoms with Gasteiger partial charge >= 0.3 is 0 Å². The molecular formula is C24H35N3. The van der Waals surface area contributed by atoms with Crippen molar-refractivity contribution in [3.63, 3.8) is 0 Å². The minimum Gasteiger partial charge on any atom is -0.344 e. The van der Waals surface area contributed by atoms with Gasteiger partial charge in [-0.05, 0) is 53.9 Å². The van der Waals surface area contributed by atoms with E-state index in [1.54, 1.807) is 0 Å². The smallest absolute Gasteiger partial charge is 0.0524 e. The number of hydrogen-bond donors (Lipinski definition) is 0. The van der Waals surface area contributed by atoms with E-state index >= 15 is 0 Å². The molecule has 3 aromatic rings. The Hall–Kier alpha value is -2.03. The van der Waals surface area contributed by atoms with E-state index in [2.05, 4.69) is 86.4 Å². The Morgan fingerprint density at radius 3 is 2.44 bits per heavy atom. The van der Waals surface area contributed by atoms with E-state index in [1.165, 1.54) is 34.1 Å². The lowest BCUT2D eigenvalue weighted by Gasteiger charge is -2.14. The highest BCUT2D eigenvalue weighted by atomic mass is 15.3. The zero-order chi connectivity index (χ0) is 19.6. The highest BCUT2D eigenvalue weighted by Crippen LogP contribution is 2.29. The van der Waals surface area contributed by atoms with Crippen molar-refractivity contribution in [3.8, 4) is 0 Å². The molecule has 0 aliphatic heterocycles. The van der Waals surface area contributed by atoms with Gasteiger partial charge in [0.05, 0.1) is 6.20 Å². The molecule has 0 amide bonds. The summed E-state index contributed by atoms with van der Waals surface area (Å²) < 4.78 is 4.64. The fourth-order valence-corrected chi connectivity index (χ4v) is 4.03. The second kappa shape index (κ2) is 8.33. The van der Waals surface area contributed by atoms with E-state index < -0.39 is 0 Å². The minimum atomic E-state index is 0.538. The van der Waals surface area contributed by atoms with Crippen LogP contribution in [0.5, 0.6) is 0 Å². The van der Waals surface area contributed by atoms with E-state index in [4.69, 9.17) is 0 Å². The summed E-state index contributed by atoms with van der Waals surface area (Å²) >= 11 is 0. The van der Waals surface area contributed by atoms with Gasteiger partial charge in [0, 0.05) is 35.9 Å². The van der Waals surface area contributed by atoms with Gasteiger partial charge in [0.2, 0.25) is 0 Å². The first-order valence-electron chi connectivity index (χ1n) is 10.5. The van der Waals surface area contributed by atoms with Crippen molar-refractivity contribution >= 4 is 10.9 Å². The molecule has 3 nitrogen and oxygen atoms in total. The second-order valence-corrected chi connectivity index (χ2v) is 8.69. The summed E-state index contributed by atoms with van der Waals surface area (Å²) in [6.45, 7) is 15.7. The second-order valence-electron chi connectivity index (χ2n) is 8.69. The van der Waals surface area contributed by atoms with Crippen LogP contribution in [-0.4, -0.2) is 14.3 Å². The average molecular weight is 366 g/mol. The molecule has 0 aliphatic carbocycles. The molecule has 0 fully saturated rings. The maximum Gasteiger partial charge on any atom is 0.0524 e. The third-order valence-electron chi connectivity index (χ3n) is 5.49. The van der Waals surface area contributed by atoms with Crippen LogP contribution >= 0.6 is 0 Å². The van der Waals surface area contributed by atoms with Gasteiger partial charge in [-0.15, -0.1) is 0 Å². The van der Waals surface area contributed by atoms with Crippen LogP contribution in [0.15, 0.2) is 36.7 Å². The molecule has 146 valence electrons. The van der Waals surface area contributed by atoms with E-state index in [0.29, 0.717) is 17.8 Å². The number of benzene rings is 1. The predicted molar refractivity (Wildman–Crippen MR) is 116 cm³/mol. The SMILES string of the molecule is CCCn1c(C(C)C)cc2c(CC(C)Cn3cc(C(C)C)cn3)cccc21. The third-order valence-corrected chi connectivity index (χ3v) is 5.49. The van der Waals surface area contributed by atoms with Gasteiger partial charge in [0.25, 0.3) is 0 Å². The van der Waals surface area contributed by atoms with Gasteiger partial charge in [-0.2, -0.15) is 5.10 Å². The normalized spacial score (nSPS) is 13.2. The summed E-state index contributed by atoms with van der Waals surface area (Å²) in [6, 6.07) is 9.25. The zero-order valence-corrected chi connectivity index (χ0v) is 17.9. The lowest BCUT2D eigenvalue weighted by atomic mass is 9.98. The Kier molecular flexibility index (Phi) is 6.08. The number of aryl methyl sites for hydroxylation is 1. The molecule has 2 aromatic heterocycles. The van der Waals surface area contributed by atoms with Gasteiger partial charge in [0.15, 0.2) is 0 Å². The van der Waals surface area contributed by atoms with Gasteiger partial charge in [-0.3, -0.25) is 4.68 Å². The first-order chi connectivity index (χ1) is 12.9. The lowest BCUT2D eigenvalue weighted by molar-refractivity contribution is 0.448. The first-order valence-corrected chi connectivity index (χ1v) is 10.5. The van der Waals surface area contributed by atoms with Crippen molar-refractivity contribution in [2.24, 2.45) is 5.92 Å². The molecule has 3 rings (SSSR count). The minimum absolute atomic E-state index is 0.538. The largest absolute Gasteiger partial charge is 0.344 e. The molecule has 3 heteroatoms. The molecule has 2 heterocycles. The van der Waals surface area contributed by atoms with Crippen LogP contribution in [0.3, 0.4) is 0 Å². The average Bonchev–Trinajstić information content (AvgIpc) is 3.21. The fraction of sp³-hybridized carbons (Fsp3) is 0.542. The van der Waals surface area contributed by atoms with E-state index in [9.17, 15) is 0 Å². The van der Waals surface area contributed by atoms with Crippen LogP contribution in [0.4, 0.5) is 0 Å². The summed E-state index contributed by atoms with van der Waals surface area (Å²) in [6.07, 6.45) is 6.47. The van der Waals surface area contributed by atoms with Gasteiger partial charge in [0.1, 0.15) is 0 Å². The Morgan fingerprint density at radius 1 is 1.04 bits per heavy atom. The summed E-state index contributed by atoms with van der Waals surface area (Å²) in [5.41, 5.74) is 5.64. The van der Waals surface area contributed by atoms with Crippen molar-refractivity contribution < 1.29 is 0 Å². The maximum absolute atomic E-state index is 4.56. The van der Waals surface area contributed by atoms with Crippen molar-refractivity contribution in [2.45, 2.75) is 79.3 Å². The number of rotatable bonds is 8. The van der Waals surface area contributed by atoms with Crippen molar-refractivity contribution in [2.75, 3.05) is 0 Å². The number of fused-ring (bicyclic) bond motifs is 1. The van der Waals surface area contributed by atoms with Gasteiger partial charge in [-0.1, -0.05) is 53.7 Å². The molecule has 0 radical (unpaired) electrons. The number of aromatic nitrogens is 3. The van der Waals surface area contributed by atoms with Gasteiger partial charge < -0.3 is 4.57 Å². The van der Waals surface area contributed by atoms with Crippen LogP contribution in [0.25, 0.3) is 10.9 Å². The molecular weight excluding hydrogens is 330 g/mol. The van der Waals surface area contributed by atoms with Gasteiger partial charge in [-0.25, -0.2) is 0 Å². The molecule has 0 aliphatic rings. The fourth-order valence-electron chi connectivity index (χ4n) is 4.03. The highest BCUT2D eigenvalue weighted by molar-refractivity contribution is 5.85. The van der Waals surface area contributed by atoms with Crippen LogP contribution in [-0.2, 0) is 19.5 Å². The van der Waals surface area contributed by atoms with Crippen molar-refractivity contribution in [3.05, 3.63) is 53.5 Å². The summed E-state index contributed by atoms with van der Waals surface area (Å²) in [5.74, 6) is 1.64. The van der Waals surface area contributed by atoms with Crippen LogP contribution in [0, 0.1) is 5.92 Å². The number of hydrogen-bond acceptors (Lipinski definition) is 1. The number of nitrogens with zero attached hydrogens (tertiary/aromatic N) is 3. The van der Waals surface area contributed by atoms with Crippen LogP contribution in [0.2, 0.25) is 0 Å². The molecule has 0 saturated heterocycles. The molecule has 1 atom stereocenters. The van der Waals surface area contributed by atoms with Crippen LogP contribution in [0.1, 0.15) is 76.6 Å². The lowest BCUT2D eigenvalue weighted by Crippen LogP contribution is -2.11. The Labute approximate surface area is 164 Å². The molecule has 0 spiro atoms. The third kappa shape index (κ3) is 4.28. The first kappa shape index (κ1) is 19.7. The molecule has 0 saturated carbocycles. The molecule has 0 N–H and O–H groups in total. The highest BCUT2D eigenvalue weighted by Gasteiger charge is 2.15. The van der Waals surface area contributed by atoms with Crippen molar-refractivity contribution in [1.29, 1.82) is 0 Å². The Bertz CT molecular complexity index is 882. The Balaban J connectivity index is 1.84. The summed E-state index contributed by atoms with van der Waals surface area (Å²) in [4.78, 5) is 0. The molecule has 1 unspecified atom stereocenters. The molecule has 27 heavy (non-hydrogen) atoms. The summed E-state index contributed by atoms with van der Waals surface area (Å²) in [7, 11) is 0. The quantitative estimate of drug-likeness (QED) is 0.454. The molecule has 0 bridgehead atoms. The van der Waals surface area contributed by atoms with E-state index in [1.807, 2.05) is 6.20 Å². The topological polar surface area (TPSA) is 22.8 Å². The van der Waals surface area contributed by atoms with Crippen LogP contribution < -0.4 is 0 Å². The standard InChI is InChI=1S/C24H35N3/c1-7-11-27-23-10-8-9-20(22(23)13-24(27)18(4)5)12-19(6)15-26-16-21(14-25-26)17(2)3/h8-10,13-14,16-19H,7,11-12,15H2,1-6H3.